The van der Waals surface area contributed by atoms with Crippen molar-refractivity contribution in [3.8, 4) is 0 Å². The van der Waals surface area contributed by atoms with Gasteiger partial charge in [-0.15, -0.1) is 0 Å². The minimum atomic E-state index is 0.333. The lowest BCUT2D eigenvalue weighted by atomic mass is 9.73. The van der Waals surface area contributed by atoms with E-state index in [0.717, 1.165) is 19.6 Å². The van der Waals surface area contributed by atoms with Gasteiger partial charge in [0.1, 0.15) is 0 Å². The van der Waals surface area contributed by atoms with E-state index >= 15 is 0 Å². The van der Waals surface area contributed by atoms with Crippen LogP contribution in [0.25, 0.3) is 0 Å². The first-order valence-corrected chi connectivity index (χ1v) is 5.91. The van der Waals surface area contributed by atoms with Gasteiger partial charge in [-0.1, -0.05) is 13.8 Å². The summed E-state index contributed by atoms with van der Waals surface area (Å²) in [7, 11) is 3.91. The maximum atomic E-state index is 6.19. The summed E-state index contributed by atoms with van der Waals surface area (Å²) in [6.45, 7) is 6.46. The van der Waals surface area contributed by atoms with Crippen LogP contribution in [0.1, 0.15) is 33.1 Å². The summed E-state index contributed by atoms with van der Waals surface area (Å²) in [5.74, 6) is 0. The highest BCUT2D eigenvalue weighted by Crippen LogP contribution is 2.36. The highest BCUT2D eigenvalue weighted by molar-refractivity contribution is 4.91. The number of rotatable bonds is 4. The summed E-state index contributed by atoms with van der Waals surface area (Å²) in [6.07, 6.45) is 3.60. The normalized spacial score (nSPS) is 30.8. The van der Waals surface area contributed by atoms with Crippen molar-refractivity contribution < 1.29 is 4.74 Å². The Bertz CT molecular complexity index is 194. The fourth-order valence-corrected chi connectivity index (χ4v) is 2.45. The molecule has 2 unspecified atom stereocenters. The predicted octanol–water partition coefficient (Wildman–Crippen LogP) is 1.47. The lowest BCUT2D eigenvalue weighted by molar-refractivity contribution is 0.0732. The molecule has 2 N–H and O–H groups in total. The van der Waals surface area contributed by atoms with Crippen LogP contribution in [0.5, 0.6) is 0 Å². The summed E-state index contributed by atoms with van der Waals surface area (Å²) in [6, 6.07) is 0.851. The van der Waals surface area contributed by atoms with Crippen molar-refractivity contribution in [1.82, 2.24) is 4.90 Å². The fraction of sp³-hybridized carbons (Fsp3) is 1.00. The van der Waals surface area contributed by atoms with E-state index in [1.54, 1.807) is 7.11 Å². The molecule has 0 saturated heterocycles. The van der Waals surface area contributed by atoms with E-state index in [-0.39, 0.29) is 0 Å². The molecule has 0 heterocycles. The van der Waals surface area contributed by atoms with Crippen molar-refractivity contribution >= 4 is 0 Å². The van der Waals surface area contributed by atoms with Gasteiger partial charge in [-0.25, -0.2) is 0 Å². The lowest BCUT2D eigenvalue weighted by Gasteiger charge is -2.43. The van der Waals surface area contributed by atoms with Gasteiger partial charge in [-0.3, -0.25) is 4.90 Å². The van der Waals surface area contributed by atoms with E-state index in [1.807, 2.05) is 0 Å². The maximum absolute atomic E-state index is 6.19. The van der Waals surface area contributed by atoms with Gasteiger partial charge < -0.3 is 10.5 Å². The molecule has 0 aliphatic heterocycles. The molecule has 1 aliphatic rings. The van der Waals surface area contributed by atoms with E-state index in [1.165, 1.54) is 12.8 Å². The van der Waals surface area contributed by atoms with Crippen molar-refractivity contribution in [1.29, 1.82) is 0 Å². The number of nitrogens with zero attached hydrogens (tertiary/aromatic N) is 1. The van der Waals surface area contributed by atoms with Gasteiger partial charge in [0.15, 0.2) is 0 Å². The molecule has 0 aromatic heterocycles. The summed E-state index contributed by atoms with van der Waals surface area (Å²) in [4.78, 5) is 2.36. The molecule has 1 saturated carbocycles. The standard InChI is InChI=1S/C12H26N2O/c1-12(2)6-5-10(13)11(9-12)14(3)7-8-15-4/h10-11H,5-9,13H2,1-4H3. The zero-order chi connectivity index (χ0) is 11.5. The first-order chi connectivity index (χ1) is 6.96. The first-order valence-electron chi connectivity index (χ1n) is 5.91. The van der Waals surface area contributed by atoms with Crippen LogP contribution in [0.15, 0.2) is 0 Å². The Morgan fingerprint density at radius 3 is 2.73 bits per heavy atom. The van der Waals surface area contributed by atoms with Crippen LogP contribution in [-0.2, 0) is 4.74 Å². The van der Waals surface area contributed by atoms with Crippen LogP contribution in [-0.4, -0.2) is 44.3 Å². The maximum Gasteiger partial charge on any atom is 0.0589 e. The second kappa shape index (κ2) is 5.28. The fourth-order valence-electron chi connectivity index (χ4n) is 2.45. The molecule has 0 spiro atoms. The van der Waals surface area contributed by atoms with Gasteiger partial charge in [-0.2, -0.15) is 0 Å². The molecule has 0 aromatic carbocycles. The second-order valence-electron chi connectivity index (χ2n) is 5.61. The molecular weight excluding hydrogens is 188 g/mol. The molecule has 0 aromatic rings. The van der Waals surface area contributed by atoms with Crippen molar-refractivity contribution in [2.75, 3.05) is 27.3 Å². The van der Waals surface area contributed by atoms with Crippen molar-refractivity contribution in [2.24, 2.45) is 11.1 Å². The third kappa shape index (κ3) is 3.74. The van der Waals surface area contributed by atoms with Gasteiger partial charge >= 0.3 is 0 Å². The van der Waals surface area contributed by atoms with Crippen LogP contribution in [0.3, 0.4) is 0 Å². The van der Waals surface area contributed by atoms with Crippen LogP contribution in [0.4, 0.5) is 0 Å². The Kier molecular flexibility index (Phi) is 4.56. The molecule has 3 heteroatoms. The second-order valence-corrected chi connectivity index (χ2v) is 5.61. The van der Waals surface area contributed by atoms with E-state index in [9.17, 15) is 0 Å². The zero-order valence-electron chi connectivity index (χ0n) is 10.6. The lowest BCUT2D eigenvalue weighted by Crippen LogP contribution is -2.52. The van der Waals surface area contributed by atoms with E-state index < -0.39 is 0 Å². The summed E-state index contributed by atoms with van der Waals surface area (Å²) >= 11 is 0. The largest absolute Gasteiger partial charge is 0.383 e. The third-order valence-electron chi connectivity index (χ3n) is 3.62. The Morgan fingerprint density at radius 2 is 2.13 bits per heavy atom. The van der Waals surface area contributed by atoms with E-state index in [2.05, 4.69) is 25.8 Å². The molecule has 3 nitrogen and oxygen atoms in total. The molecule has 0 amide bonds. The predicted molar refractivity (Wildman–Crippen MR) is 63.9 cm³/mol. The van der Waals surface area contributed by atoms with Gasteiger partial charge in [0.05, 0.1) is 6.61 Å². The Hall–Kier alpha value is -0.120. The smallest absolute Gasteiger partial charge is 0.0589 e. The van der Waals surface area contributed by atoms with Crippen LogP contribution < -0.4 is 5.73 Å². The summed E-state index contributed by atoms with van der Waals surface area (Å²) in [5, 5.41) is 0. The quantitative estimate of drug-likeness (QED) is 0.770. The molecule has 1 fully saturated rings. The molecule has 15 heavy (non-hydrogen) atoms. The number of methoxy groups -OCH3 is 1. The van der Waals surface area contributed by atoms with Crippen LogP contribution in [0.2, 0.25) is 0 Å². The van der Waals surface area contributed by atoms with Crippen LogP contribution in [0, 0.1) is 5.41 Å². The van der Waals surface area contributed by atoms with Gasteiger partial charge in [0.25, 0.3) is 0 Å². The van der Waals surface area contributed by atoms with Gasteiger partial charge in [0.2, 0.25) is 0 Å². The molecule has 2 atom stereocenters. The SMILES string of the molecule is COCCN(C)C1CC(C)(C)CCC1N. The topological polar surface area (TPSA) is 38.5 Å². The van der Waals surface area contributed by atoms with Gasteiger partial charge in [0, 0.05) is 25.7 Å². The monoisotopic (exact) mass is 214 g/mol. The number of likely N-dealkylation sites (N-methyl/N-ethyl adjacent to an activating group) is 1. The minimum Gasteiger partial charge on any atom is -0.383 e. The zero-order valence-corrected chi connectivity index (χ0v) is 10.6. The minimum absolute atomic E-state index is 0.333. The van der Waals surface area contributed by atoms with Crippen molar-refractivity contribution in [2.45, 2.75) is 45.2 Å². The molecular formula is C12H26N2O. The summed E-state index contributed by atoms with van der Waals surface area (Å²) in [5.41, 5.74) is 6.64. The number of nitrogens with two attached hydrogens (primary N) is 1. The average Bonchev–Trinajstić information content (AvgIpc) is 2.18. The third-order valence-corrected chi connectivity index (χ3v) is 3.62. The molecule has 90 valence electrons. The Labute approximate surface area is 94.0 Å². The number of hydrogen-bond acceptors (Lipinski definition) is 3. The molecule has 1 rings (SSSR count). The molecule has 0 bridgehead atoms. The Balaban J connectivity index is 2.50. The van der Waals surface area contributed by atoms with Crippen molar-refractivity contribution in [3.05, 3.63) is 0 Å². The van der Waals surface area contributed by atoms with E-state index in [4.69, 9.17) is 10.5 Å². The molecule has 1 aliphatic carbocycles. The first kappa shape index (κ1) is 12.9. The van der Waals surface area contributed by atoms with Gasteiger partial charge in [-0.05, 0) is 31.7 Å². The number of ether oxygens (including phenoxy) is 1. The van der Waals surface area contributed by atoms with Crippen LogP contribution >= 0.6 is 0 Å². The van der Waals surface area contributed by atoms with E-state index in [0.29, 0.717) is 17.5 Å². The molecule has 0 radical (unpaired) electrons. The average molecular weight is 214 g/mol. The highest BCUT2D eigenvalue weighted by atomic mass is 16.5. The summed E-state index contributed by atoms with van der Waals surface area (Å²) < 4.78 is 5.11. The Morgan fingerprint density at radius 1 is 1.47 bits per heavy atom. The number of hydrogen-bond donors (Lipinski definition) is 1. The van der Waals surface area contributed by atoms with Crippen molar-refractivity contribution in [3.63, 3.8) is 0 Å². The highest BCUT2D eigenvalue weighted by Gasteiger charge is 2.34.